The Labute approximate surface area is 171 Å². The van der Waals surface area contributed by atoms with Crippen LogP contribution in [0, 0.1) is 6.92 Å². The predicted octanol–water partition coefficient (Wildman–Crippen LogP) is 3.24. The highest BCUT2D eigenvalue weighted by atomic mass is 35.5. The van der Waals surface area contributed by atoms with Crippen molar-refractivity contribution in [2.45, 2.75) is 32.6 Å². The van der Waals surface area contributed by atoms with Gasteiger partial charge in [0.05, 0.1) is 23.4 Å². The summed E-state index contributed by atoms with van der Waals surface area (Å²) in [6, 6.07) is 0. The largest absolute Gasteiger partial charge is 0.465 e. The number of thiophene rings is 1. The first-order chi connectivity index (χ1) is 12.8. The Bertz CT molecular complexity index is 935. The number of amides is 1. The van der Waals surface area contributed by atoms with Crippen molar-refractivity contribution in [1.82, 2.24) is 15.1 Å². The average molecular weight is 427 g/mol. The first-order valence-corrected chi connectivity index (χ1v) is 9.98. The SMILES string of the molecule is COC(=O)c1c(NC(=S)NC(=O)c2c(Cl)c(C)nn2C)sc2c1CCCC2. The highest BCUT2D eigenvalue weighted by Gasteiger charge is 2.27. The molecule has 2 aromatic heterocycles. The van der Waals surface area contributed by atoms with Gasteiger partial charge in [0.2, 0.25) is 0 Å². The molecule has 2 aromatic rings. The van der Waals surface area contributed by atoms with Gasteiger partial charge < -0.3 is 10.1 Å². The van der Waals surface area contributed by atoms with E-state index in [1.54, 1.807) is 14.0 Å². The fourth-order valence-electron chi connectivity index (χ4n) is 3.15. The summed E-state index contributed by atoms with van der Waals surface area (Å²) in [5.74, 6) is -0.877. The van der Waals surface area contributed by atoms with E-state index in [1.165, 1.54) is 23.1 Å². The number of hydrogen-bond donors (Lipinski definition) is 2. The van der Waals surface area contributed by atoms with Crippen molar-refractivity contribution in [1.29, 1.82) is 0 Å². The van der Waals surface area contributed by atoms with Crippen LogP contribution >= 0.6 is 35.2 Å². The van der Waals surface area contributed by atoms with Gasteiger partial charge in [-0.05, 0) is 50.4 Å². The molecule has 1 aliphatic carbocycles. The van der Waals surface area contributed by atoms with Gasteiger partial charge in [0.1, 0.15) is 10.7 Å². The zero-order valence-corrected chi connectivity index (χ0v) is 17.5. The van der Waals surface area contributed by atoms with E-state index in [0.29, 0.717) is 16.3 Å². The number of aryl methyl sites for hydroxylation is 3. The molecule has 2 N–H and O–H groups in total. The Morgan fingerprint density at radius 2 is 2.04 bits per heavy atom. The Balaban J connectivity index is 1.81. The standard InChI is InChI=1S/C17H19ClN4O3S2/c1-8-12(18)13(22(2)21-8)14(23)19-17(26)20-15-11(16(24)25-3)9-6-4-5-7-10(9)27-15/h4-7H2,1-3H3,(H2,19,20,23,26). The number of carbonyl (C=O) groups is 2. The third-order valence-electron chi connectivity index (χ3n) is 4.38. The van der Waals surface area contributed by atoms with Crippen molar-refractivity contribution in [2.24, 2.45) is 7.05 Å². The lowest BCUT2D eigenvalue weighted by Gasteiger charge is -2.12. The molecule has 1 aliphatic rings. The van der Waals surface area contributed by atoms with Crippen molar-refractivity contribution < 1.29 is 14.3 Å². The number of carbonyl (C=O) groups excluding carboxylic acids is 2. The highest BCUT2D eigenvalue weighted by Crippen LogP contribution is 2.38. The highest BCUT2D eigenvalue weighted by molar-refractivity contribution is 7.80. The van der Waals surface area contributed by atoms with Crippen LogP contribution in [-0.4, -0.2) is 33.9 Å². The van der Waals surface area contributed by atoms with Crippen LogP contribution in [0.3, 0.4) is 0 Å². The quantitative estimate of drug-likeness (QED) is 0.579. The zero-order chi connectivity index (χ0) is 19.7. The topological polar surface area (TPSA) is 85.2 Å². The van der Waals surface area contributed by atoms with Crippen LogP contribution < -0.4 is 10.6 Å². The van der Waals surface area contributed by atoms with Crippen LogP contribution in [0.15, 0.2) is 0 Å². The molecule has 144 valence electrons. The molecule has 0 atom stereocenters. The van der Waals surface area contributed by atoms with Crippen molar-refractivity contribution in [3.63, 3.8) is 0 Å². The summed E-state index contributed by atoms with van der Waals surface area (Å²) < 4.78 is 6.34. The Morgan fingerprint density at radius 3 is 2.67 bits per heavy atom. The number of nitrogens with one attached hydrogen (secondary N) is 2. The second-order valence-corrected chi connectivity index (χ2v) is 8.08. The summed E-state index contributed by atoms with van der Waals surface area (Å²) in [6.45, 7) is 1.72. The van der Waals surface area contributed by atoms with Crippen LogP contribution in [-0.2, 0) is 24.6 Å². The fourth-order valence-corrected chi connectivity index (χ4v) is 4.93. The van der Waals surface area contributed by atoms with Gasteiger partial charge in [0.25, 0.3) is 5.91 Å². The van der Waals surface area contributed by atoms with Gasteiger partial charge in [-0.3, -0.25) is 14.8 Å². The number of esters is 1. The summed E-state index contributed by atoms with van der Waals surface area (Å²) in [6.07, 6.45) is 3.88. The zero-order valence-electron chi connectivity index (χ0n) is 15.1. The van der Waals surface area contributed by atoms with Gasteiger partial charge >= 0.3 is 5.97 Å². The minimum absolute atomic E-state index is 0.0821. The van der Waals surface area contributed by atoms with E-state index in [2.05, 4.69) is 15.7 Å². The predicted molar refractivity (Wildman–Crippen MR) is 109 cm³/mol. The maximum Gasteiger partial charge on any atom is 0.341 e. The van der Waals surface area contributed by atoms with Gasteiger partial charge in [0.15, 0.2) is 5.11 Å². The molecule has 27 heavy (non-hydrogen) atoms. The normalized spacial score (nSPS) is 13.0. The van der Waals surface area contributed by atoms with Crippen molar-refractivity contribution in [2.75, 3.05) is 12.4 Å². The molecule has 0 saturated carbocycles. The van der Waals surface area contributed by atoms with E-state index in [0.717, 1.165) is 36.1 Å². The van der Waals surface area contributed by atoms with E-state index < -0.39 is 11.9 Å². The van der Waals surface area contributed by atoms with E-state index >= 15 is 0 Å². The van der Waals surface area contributed by atoms with Gasteiger partial charge in [-0.2, -0.15) is 5.10 Å². The summed E-state index contributed by atoms with van der Waals surface area (Å²) in [7, 11) is 2.98. The second kappa shape index (κ2) is 7.95. The third kappa shape index (κ3) is 3.85. The van der Waals surface area contributed by atoms with E-state index in [9.17, 15) is 9.59 Å². The molecular weight excluding hydrogens is 408 g/mol. The molecule has 10 heteroatoms. The summed E-state index contributed by atoms with van der Waals surface area (Å²) in [5.41, 5.74) is 2.29. The number of ether oxygens (including phenoxy) is 1. The molecule has 1 amide bonds. The Hall–Kier alpha value is -1.97. The molecule has 0 bridgehead atoms. The first kappa shape index (κ1) is 19.8. The average Bonchev–Trinajstić information content (AvgIpc) is 3.10. The molecular formula is C17H19ClN4O3S2. The van der Waals surface area contributed by atoms with Crippen molar-refractivity contribution in [3.8, 4) is 0 Å². The number of thiocarbonyl (C=S) groups is 1. The van der Waals surface area contributed by atoms with Crippen LogP contribution in [0.25, 0.3) is 0 Å². The molecule has 0 unspecified atom stereocenters. The van der Waals surface area contributed by atoms with Gasteiger partial charge in [0, 0.05) is 11.9 Å². The molecule has 0 spiro atoms. The molecule has 7 nitrogen and oxygen atoms in total. The third-order valence-corrected chi connectivity index (χ3v) is 6.24. The van der Waals surface area contributed by atoms with Gasteiger partial charge in [-0.25, -0.2) is 4.79 Å². The van der Waals surface area contributed by atoms with E-state index in [4.69, 9.17) is 28.6 Å². The lowest BCUT2D eigenvalue weighted by Crippen LogP contribution is -2.35. The molecule has 0 aromatic carbocycles. The first-order valence-electron chi connectivity index (χ1n) is 8.37. The number of hydrogen-bond acceptors (Lipinski definition) is 6. The Morgan fingerprint density at radius 1 is 1.33 bits per heavy atom. The molecule has 2 heterocycles. The van der Waals surface area contributed by atoms with Gasteiger partial charge in [-0.15, -0.1) is 11.3 Å². The molecule has 0 fully saturated rings. The lowest BCUT2D eigenvalue weighted by molar-refractivity contribution is 0.0601. The number of fused-ring (bicyclic) bond motifs is 1. The van der Waals surface area contributed by atoms with Crippen LogP contribution in [0.2, 0.25) is 5.02 Å². The summed E-state index contributed by atoms with van der Waals surface area (Å²) in [5, 5.41) is 10.6. The minimum Gasteiger partial charge on any atom is -0.465 e. The van der Waals surface area contributed by atoms with E-state index in [1.807, 2.05) is 0 Å². The number of rotatable bonds is 3. The number of nitrogens with zero attached hydrogens (tertiary/aromatic N) is 2. The van der Waals surface area contributed by atoms with E-state index in [-0.39, 0.29) is 15.8 Å². The number of anilines is 1. The molecule has 0 radical (unpaired) electrons. The van der Waals surface area contributed by atoms with Crippen LogP contribution in [0.4, 0.5) is 5.00 Å². The Kier molecular flexibility index (Phi) is 5.83. The molecule has 3 rings (SSSR count). The molecule has 0 aliphatic heterocycles. The summed E-state index contributed by atoms with van der Waals surface area (Å²) in [4.78, 5) is 25.9. The minimum atomic E-state index is -0.471. The maximum absolute atomic E-state index is 12.5. The van der Waals surface area contributed by atoms with Crippen molar-refractivity contribution >= 4 is 57.1 Å². The van der Waals surface area contributed by atoms with Crippen molar-refractivity contribution in [3.05, 3.63) is 32.4 Å². The monoisotopic (exact) mass is 426 g/mol. The maximum atomic E-state index is 12.5. The van der Waals surface area contributed by atoms with Crippen LogP contribution in [0.1, 0.15) is 49.8 Å². The second-order valence-electron chi connectivity index (χ2n) is 6.19. The fraction of sp³-hybridized carbons (Fsp3) is 0.412. The smallest absolute Gasteiger partial charge is 0.341 e. The molecule has 0 saturated heterocycles. The number of methoxy groups -OCH3 is 1. The summed E-state index contributed by atoms with van der Waals surface area (Å²) >= 11 is 12.9. The lowest BCUT2D eigenvalue weighted by atomic mass is 9.95. The van der Waals surface area contributed by atoms with Crippen LogP contribution in [0.5, 0.6) is 0 Å². The number of halogens is 1. The number of aromatic nitrogens is 2. The van der Waals surface area contributed by atoms with Gasteiger partial charge in [-0.1, -0.05) is 11.6 Å².